The number of rotatable bonds is 4. The van der Waals surface area contributed by atoms with Crippen LogP contribution in [-0.2, 0) is 4.79 Å². The molecule has 1 rings (SSSR count). The van der Waals surface area contributed by atoms with Gasteiger partial charge in [-0.05, 0) is 26.3 Å². The van der Waals surface area contributed by atoms with Gasteiger partial charge in [0.15, 0.2) is 0 Å². The Kier molecular flexibility index (Phi) is 3.69. The highest BCUT2D eigenvalue weighted by atomic mass is 16.4. The Morgan fingerprint density at radius 2 is 2.23 bits per heavy atom. The Hall–Kier alpha value is -0.610. The van der Waals surface area contributed by atoms with Gasteiger partial charge in [-0.15, -0.1) is 0 Å². The molecule has 2 unspecified atom stereocenters. The molecule has 4 nitrogen and oxygen atoms in total. The molecule has 2 N–H and O–H groups in total. The number of likely N-dealkylation sites (N-methyl/N-ethyl adjacent to an activating group) is 1. The smallest absolute Gasteiger partial charge is 0.304 e. The molecule has 0 aliphatic heterocycles. The first-order valence-electron chi connectivity index (χ1n) is 4.71. The Morgan fingerprint density at radius 1 is 1.54 bits per heavy atom. The van der Waals surface area contributed by atoms with Gasteiger partial charge in [0.1, 0.15) is 0 Å². The average molecular weight is 187 g/mol. The van der Waals surface area contributed by atoms with Gasteiger partial charge in [0.2, 0.25) is 0 Å². The molecule has 0 spiro atoms. The van der Waals surface area contributed by atoms with E-state index in [9.17, 15) is 9.90 Å². The van der Waals surface area contributed by atoms with Gasteiger partial charge in [0, 0.05) is 12.6 Å². The minimum atomic E-state index is -0.778. The molecule has 0 bridgehead atoms. The Balaban J connectivity index is 2.29. The molecule has 0 aromatic carbocycles. The van der Waals surface area contributed by atoms with Crippen molar-refractivity contribution in [2.45, 2.75) is 37.8 Å². The van der Waals surface area contributed by atoms with Crippen LogP contribution < -0.4 is 0 Å². The molecule has 1 fully saturated rings. The second-order valence-electron chi connectivity index (χ2n) is 3.69. The summed E-state index contributed by atoms with van der Waals surface area (Å²) in [6.45, 7) is 0.525. The van der Waals surface area contributed by atoms with Crippen LogP contribution in [0.5, 0.6) is 0 Å². The predicted octanol–water partition coefficient (Wildman–Crippen LogP) is 0.306. The van der Waals surface area contributed by atoms with Gasteiger partial charge in [-0.3, -0.25) is 4.79 Å². The summed E-state index contributed by atoms with van der Waals surface area (Å²) in [6.07, 6.45) is 2.77. The van der Waals surface area contributed by atoms with Crippen molar-refractivity contribution in [3.8, 4) is 0 Å². The lowest BCUT2D eigenvalue weighted by atomic mass is 10.2. The molecule has 1 aliphatic carbocycles. The van der Waals surface area contributed by atoms with E-state index in [0.717, 1.165) is 19.3 Å². The van der Waals surface area contributed by atoms with E-state index in [2.05, 4.69) is 0 Å². The third-order valence-electron chi connectivity index (χ3n) is 2.69. The standard InChI is InChI=1S/C9H17NO3/c1-10(6-5-9(12)13)7-3-2-4-8(7)11/h7-8,11H,2-6H2,1H3,(H,12,13). The van der Waals surface area contributed by atoms with Crippen molar-refractivity contribution >= 4 is 5.97 Å². The lowest BCUT2D eigenvalue weighted by Crippen LogP contribution is -2.38. The summed E-state index contributed by atoms with van der Waals surface area (Å²) in [5.74, 6) is -0.778. The molecule has 76 valence electrons. The highest BCUT2D eigenvalue weighted by molar-refractivity contribution is 5.66. The average Bonchev–Trinajstić information content (AvgIpc) is 2.47. The largest absolute Gasteiger partial charge is 0.481 e. The van der Waals surface area contributed by atoms with Gasteiger partial charge in [0.25, 0.3) is 0 Å². The number of carboxylic acids is 1. The van der Waals surface area contributed by atoms with Crippen LogP contribution in [0.4, 0.5) is 0 Å². The molecule has 0 amide bonds. The molecule has 1 saturated carbocycles. The van der Waals surface area contributed by atoms with Crippen LogP contribution in [0, 0.1) is 0 Å². The maximum absolute atomic E-state index is 10.3. The highest BCUT2D eigenvalue weighted by Gasteiger charge is 2.28. The normalized spacial score (nSPS) is 28.2. The van der Waals surface area contributed by atoms with Crippen LogP contribution in [-0.4, -0.2) is 46.8 Å². The maximum atomic E-state index is 10.3. The number of aliphatic carboxylic acids is 1. The second kappa shape index (κ2) is 4.58. The zero-order valence-corrected chi connectivity index (χ0v) is 7.94. The van der Waals surface area contributed by atoms with E-state index in [-0.39, 0.29) is 18.6 Å². The van der Waals surface area contributed by atoms with E-state index in [1.165, 1.54) is 0 Å². The van der Waals surface area contributed by atoms with Crippen molar-refractivity contribution in [2.24, 2.45) is 0 Å². The van der Waals surface area contributed by atoms with Gasteiger partial charge >= 0.3 is 5.97 Å². The van der Waals surface area contributed by atoms with Crippen molar-refractivity contribution in [2.75, 3.05) is 13.6 Å². The molecule has 0 heterocycles. The lowest BCUT2D eigenvalue weighted by Gasteiger charge is -2.26. The molecule has 2 atom stereocenters. The summed E-state index contributed by atoms with van der Waals surface area (Å²) < 4.78 is 0. The number of hydrogen-bond acceptors (Lipinski definition) is 3. The SMILES string of the molecule is CN(CCC(=O)O)C1CCCC1O. The Bertz CT molecular complexity index is 184. The fraction of sp³-hybridized carbons (Fsp3) is 0.889. The van der Waals surface area contributed by atoms with E-state index < -0.39 is 5.97 Å². The summed E-state index contributed by atoms with van der Waals surface area (Å²) >= 11 is 0. The quantitative estimate of drug-likeness (QED) is 0.665. The molecule has 1 aliphatic rings. The molecular weight excluding hydrogens is 170 g/mol. The van der Waals surface area contributed by atoms with Crippen molar-refractivity contribution in [3.05, 3.63) is 0 Å². The molecule has 0 aromatic rings. The van der Waals surface area contributed by atoms with Gasteiger partial charge < -0.3 is 15.1 Å². The van der Waals surface area contributed by atoms with Gasteiger partial charge in [0.05, 0.1) is 12.5 Å². The van der Waals surface area contributed by atoms with Crippen molar-refractivity contribution in [1.82, 2.24) is 4.90 Å². The number of hydrogen-bond donors (Lipinski definition) is 2. The summed E-state index contributed by atoms with van der Waals surface area (Å²) in [4.78, 5) is 12.3. The second-order valence-corrected chi connectivity index (χ2v) is 3.69. The number of aliphatic hydroxyl groups excluding tert-OH is 1. The molecule has 0 aromatic heterocycles. The van der Waals surface area contributed by atoms with Gasteiger partial charge in [-0.2, -0.15) is 0 Å². The molecule has 0 radical (unpaired) electrons. The van der Waals surface area contributed by atoms with Crippen LogP contribution in [0.3, 0.4) is 0 Å². The monoisotopic (exact) mass is 187 g/mol. The Morgan fingerprint density at radius 3 is 2.69 bits per heavy atom. The topological polar surface area (TPSA) is 60.8 Å². The van der Waals surface area contributed by atoms with Crippen LogP contribution >= 0.6 is 0 Å². The first-order chi connectivity index (χ1) is 6.11. The van der Waals surface area contributed by atoms with Crippen LogP contribution in [0.15, 0.2) is 0 Å². The number of carbonyl (C=O) groups is 1. The number of aliphatic hydroxyl groups is 1. The van der Waals surface area contributed by atoms with E-state index in [4.69, 9.17) is 5.11 Å². The molecule has 13 heavy (non-hydrogen) atoms. The number of carboxylic acid groups (broad SMARTS) is 1. The van der Waals surface area contributed by atoms with E-state index in [1.54, 1.807) is 0 Å². The fourth-order valence-electron chi connectivity index (χ4n) is 1.87. The summed E-state index contributed by atoms with van der Waals surface area (Å²) in [7, 11) is 1.88. The van der Waals surface area contributed by atoms with Crippen LogP contribution in [0.2, 0.25) is 0 Å². The molecule has 4 heteroatoms. The first kappa shape index (κ1) is 10.5. The maximum Gasteiger partial charge on any atom is 0.304 e. The summed E-state index contributed by atoms with van der Waals surface area (Å²) in [5, 5.41) is 18.0. The van der Waals surface area contributed by atoms with Crippen molar-refractivity contribution < 1.29 is 15.0 Å². The van der Waals surface area contributed by atoms with E-state index >= 15 is 0 Å². The third kappa shape index (κ3) is 2.97. The minimum Gasteiger partial charge on any atom is -0.481 e. The van der Waals surface area contributed by atoms with Crippen LogP contribution in [0.25, 0.3) is 0 Å². The van der Waals surface area contributed by atoms with Crippen molar-refractivity contribution in [3.63, 3.8) is 0 Å². The highest BCUT2D eigenvalue weighted by Crippen LogP contribution is 2.23. The lowest BCUT2D eigenvalue weighted by molar-refractivity contribution is -0.137. The van der Waals surface area contributed by atoms with Gasteiger partial charge in [-0.1, -0.05) is 0 Å². The zero-order valence-electron chi connectivity index (χ0n) is 7.94. The third-order valence-corrected chi connectivity index (χ3v) is 2.69. The zero-order chi connectivity index (χ0) is 9.84. The van der Waals surface area contributed by atoms with Crippen molar-refractivity contribution in [1.29, 1.82) is 0 Å². The molecular formula is C9H17NO3. The summed E-state index contributed by atoms with van der Waals surface area (Å²) in [5.41, 5.74) is 0. The minimum absolute atomic E-state index is 0.152. The molecule has 0 saturated heterocycles. The predicted molar refractivity (Wildman–Crippen MR) is 48.5 cm³/mol. The summed E-state index contributed by atoms with van der Waals surface area (Å²) in [6, 6.07) is 0.166. The Labute approximate surface area is 78.2 Å². The first-order valence-corrected chi connectivity index (χ1v) is 4.71. The fourth-order valence-corrected chi connectivity index (χ4v) is 1.87. The number of nitrogens with zero attached hydrogens (tertiary/aromatic N) is 1. The van der Waals surface area contributed by atoms with E-state index in [1.807, 2.05) is 11.9 Å². The van der Waals surface area contributed by atoms with Gasteiger partial charge in [-0.25, -0.2) is 0 Å². The van der Waals surface area contributed by atoms with E-state index in [0.29, 0.717) is 6.54 Å². The van der Waals surface area contributed by atoms with Crippen LogP contribution in [0.1, 0.15) is 25.7 Å².